The Hall–Kier alpha value is -1.68. The largest absolute Gasteiger partial charge is 0.465 e. The molecule has 4 heteroatoms. The number of hydrogen-bond donors (Lipinski definition) is 1. The molecule has 1 rings (SSSR count). The van der Waals surface area contributed by atoms with Crippen LogP contribution in [0.4, 0.5) is 0 Å². The minimum absolute atomic E-state index is 0.133. The fourth-order valence-corrected chi connectivity index (χ4v) is 3.74. The van der Waals surface area contributed by atoms with Gasteiger partial charge in [-0.25, -0.2) is 0 Å². The highest BCUT2D eigenvalue weighted by Crippen LogP contribution is 2.36. The van der Waals surface area contributed by atoms with Crippen molar-refractivity contribution in [3.8, 4) is 0 Å². The van der Waals surface area contributed by atoms with Gasteiger partial charge in [0, 0.05) is 12.8 Å². The van der Waals surface area contributed by atoms with Crippen molar-refractivity contribution in [2.75, 3.05) is 6.61 Å². The van der Waals surface area contributed by atoms with E-state index >= 15 is 0 Å². The van der Waals surface area contributed by atoms with Crippen LogP contribution in [0.25, 0.3) is 0 Å². The van der Waals surface area contributed by atoms with E-state index in [-0.39, 0.29) is 30.3 Å². The van der Waals surface area contributed by atoms with Crippen LogP contribution in [0.1, 0.15) is 60.3 Å². The van der Waals surface area contributed by atoms with E-state index in [0.717, 1.165) is 24.7 Å². The SMILES string of the molecule is CC(=O)OC[C@H]1C(C=O)=CCC=C(C)C[C@H](O)[C@@H]1[C@@H](C)CCC=C(C)C. The molecule has 146 valence electrons. The first-order valence-electron chi connectivity index (χ1n) is 9.51. The van der Waals surface area contributed by atoms with Gasteiger partial charge in [0.2, 0.25) is 0 Å². The number of aliphatic hydroxyl groups is 1. The van der Waals surface area contributed by atoms with Crippen LogP contribution in [0.5, 0.6) is 0 Å². The first kappa shape index (κ1) is 22.4. The summed E-state index contributed by atoms with van der Waals surface area (Å²) in [5.74, 6) is -0.601. The smallest absolute Gasteiger partial charge is 0.302 e. The molecule has 0 unspecified atom stereocenters. The Balaban J connectivity index is 3.16. The molecule has 0 fully saturated rings. The number of rotatable bonds is 7. The lowest BCUT2D eigenvalue weighted by atomic mass is 9.73. The van der Waals surface area contributed by atoms with Gasteiger partial charge in [0.05, 0.1) is 12.7 Å². The summed E-state index contributed by atoms with van der Waals surface area (Å²) in [7, 11) is 0. The maximum Gasteiger partial charge on any atom is 0.302 e. The van der Waals surface area contributed by atoms with Crippen LogP contribution in [0, 0.1) is 17.8 Å². The Morgan fingerprint density at radius 1 is 1.35 bits per heavy atom. The number of allylic oxidation sites excluding steroid dienone is 4. The van der Waals surface area contributed by atoms with Crippen LogP contribution < -0.4 is 0 Å². The first-order valence-corrected chi connectivity index (χ1v) is 9.51. The zero-order valence-electron chi connectivity index (χ0n) is 16.8. The van der Waals surface area contributed by atoms with Gasteiger partial charge >= 0.3 is 5.97 Å². The zero-order valence-corrected chi connectivity index (χ0v) is 16.8. The maximum atomic E-state index is 11.7. The standard InChI is InChI=1S/C22H34O4/c1-15(2)8-6-10-17(4)22-20(14-26-18(5)24)19(13-23)11-7-9-16(3)12-21(22)25/h8-9,11,13,17,20-22,25H,6-7,10,12,14H2,1-5H3/t17-,20-,21-,22+/m0/s1. The Kier molecular flexibility index (Phi) is 9.57. The molecule has 0 radical (unpaired) electrons. The van der Waals surface area contributed by atoms with Gasteiger partial charge in [-0.05, 0) is 63.9 Å². The average Bonchev–Trinajstić information content (AvgIpc) is 2.59. The van der Waals surface area contributed by atoms with Gasteiger partial charge in [-0.1, -0.05) is 36.3 Å². The van der Waals surface area contributed by atoms with Gasteiger partial charge in [0.1, 0.15) is 6.29 Å². The summed E-state index contributed by atoms with van der Waals surface area (Å²) in [6, 6.07) is 0. The number of aldehydes is 1. The monoisotopic (exact) mass is 362 g/mol. The summed E-state index contributed by atoms with van der Waals surface area (Å²) in [6.45, 7) is 9.78. The molecule has 0 aromatic heterocycles. The van der Waals surface area contributed by atoms with Gasteiger partial charge in [-0.15, -0.1) is 0 Å². The van der Waals surface area contributed by atoms with Crippen LogP contribution >= 0.6 is 0 Å². The van der Waals surface area contributed by atoms with E-state index in [1.807, 2.05) is 19.1 Å². The van der Waals surface area contributed by atoms with Crippen LogP contribution in [-0.2, 0) is 14.3 Å². The van der Waals surface area contributed by atoms with Crippen LogP contribution in [-0.4, -0.2) is 30.1 Å². The molecule has 26 heavy (non-hydrogen) atoms. The lowest BCUT2D eigenvalue weighted by Gasteiger charge is -2.35. The predicted octanol–water partition coefficient (Wildman–Crippen LogP) is 4.39. The van der Waals surface area contributed by atoms with Gasteiger partial charge in [-0.3, -0.25) is 9.59 Å². The summed E-state index contributed by atoms with van der Waals surface area (Å²) in [5.41, 5.74) is 3.01. The lowest BCUT2D eigenvalue weighted by molar-refractivity contribution is -0.143. The minimum Gasteiger partial charge on any atom is -0.465 e. The van der Waals surface area contributed by atoms with Crippen molar-refractivity contribution in [1.29, 1.82) is 0 Å². The summed E-state index contributed by atoms with van der Waals surface area (Å²) in [6.07, 6.45) is 9.50. The van der Waals surface area contributed by atoms with Gasteiger partial charge in [-0.2, -0.15) is 0 Å². The molecule has 0 saturated carbocycles. The van der Waals surface area contributed by atoms with Crippen molar-refractivity contribution >= 4 is 12.3 Å². The van der Waals surface area contributed by atoms with Crippen LogP contribution in [0.15, 0.2) is 34.9 Å². The molecular weight excluding hydrogens is 328 g/mol. The molecule has 4 nitrogen and oxygen atoms in total. The molecule has 0 aromatic rings. The van der Waals surface area contributed by atoms with Crippen LogP contribution in [0.3, 0.4) is 0 Å². The molecular formula is C22H34O4. The lowest BCUT2D eigenvalue weighted by Crippen LogP contribution is -2.37. The van der Waals surface area contributed by atoms with E-state index in [9.17, 15) is 14.7 Å². The molecule has 0 aliphatic heterocycles. The molecule has 0 spiro atoms. The van der Waals surface area contributed by atoms with E-state index in [1.54, 1.807) is 0 Å². The second-order valence-corrected chi connectivity index (χ2v) is 7.70. The second-order valence-electron chi connectivity index (χ2n) is 7.70. The molecule has 0 bridgehead atoms. The van der Waals surface area contributed by atoms with Crippen molar-refractivity contribution in [3.63, 3.8) is 0 Å². The molecule has 4 atom stereocenters. The molecule has 0 saturated heterocycles. The first-order chi connectivity index (χ1) is 12.3. The molecule has 1 aliphatic carbocycles. The molecule has 0 amide bonds. The van der Waals surface area contributed by atoms with Crippen LogP contribution in [0.2, 0.25) is 0 Å². The minimum atomic E-state index is -0.574. The topological polar surface area (TPSA) is 63.6 Å². The number of hydrogen-bond acceptors (Lipinski definition) is 4. The quantitative estimate of drug-likeness (QED) is 0.414. The fourth-order valence-electron chi connectivity index (χ4n) is 3.74. The maximum absolute atomic E-state index is 11.7. The average molecular weight is 363 g/mol. The summed E-state index contributed by atoms with van der Waals surface area (Å²) in [5, 5.41) is 11.0. The Labute approximate surface area is 158 Å². The highest BCUT2D eigenvalue weighted by molar-refractivity contribution is 5.74. The Morgan fingerprint density at radius 3 is 2.62 bits per heavy atom. The van der Waals surface area contributed by atoms with E-state index in [0.29, 0.717) is 18.4 Å². The molecule has 0 aromatic carbocycles. The van der Waals surface area contributed by atoms with E-state index in [2.05, 4.69) is 26.8 Å². The predicted molar refractivity (Wildman–Crippen MR) is 105 cm³/mol. The van der Waals surface area contributed by atoms with Gasteiger partial charge < -0.3 is 9.84 Å². The second kappa shape index (κ2) is 11.1. The van der Waals surface area contributed by atoms with Crippen molar-refractivity contribution in [2.45, 2.75) is 66.4 Å². The third-order valence-electron chi connectivity index (χ3n) is 5.12. The van der Waals surface area contributed by atoms with Gasteiger partial charge in [0.15, 0.2) is 0 Å². The third kappa shape index (κ3) is 7.28. The number of ether oxygens (including phenoxy) is 1. The highest BCUT2D eigenvalue weighted by atomic mass is 16.5. The van der Waals surface area contributed by atoms with Gasteiger partial charge in [0.25, 0.3) is 0 Å². The molecule has 1 aliphatic rings. The zero-order chi connectivity index (χ0) is 19.7. The number of aliphatic hydroxyl groups excluding tert-OH is 1. The Morgan fingerprint density at radius 2 is 2.04 bits per heavy atom. The van der Waals surface area contributed by atoms with Crippen molar-refractivity contribution < 1.29 is 19.4 Å². The normalized spacial score (nSPS) is 24.9. The number of esters is 1. The number of carbonyl (C=O) groups is 2. The van der Waals surface area contributed by atoms with Crippen molar-refractivity contribution in [3.05, 3.63) is 34.9 Å². The summed E-state index contributed by atoms with van der Waals surface area (Å²) >= 11 is 0. The number of carbonyl (C=O) groups excluding carboxylic acids is 2. The summed E-state index contributed by atoms with van der Waals surface area (Å²) in [4.78, 5) is 23.1. The fraction of sp³-hybridized carbons (Fsp3) is 0.636. The van der Waals surface area contributed by atoms with E-state index in [1.165, 1.54) is 12.5 Å². The molecule has 0 heterocycles. The highest BCUT2D eigenvalue weighted by Gasteiger charge is 2.36. The Bertz CT molecular complexity index is 567. The summed E-state index contributed by atoms with van der Waals surface area (Å²) < 4.78 is 5.27. The third-order valence-corrected chi connectivity index (χ3v) is 5.12. The van der Waals surface area contributed by atoms with E-state index in [4.69, 9.17) is 4.74 Å². The van der Waals surface area contributed by atoms with Crippen molar-refractivity contribution in [2.24, 2.45) is 17.8 Å². The molecule has 1 N–H and O–H groups in total. The van der Waals surface area contributed by atoms with Crippen molar-refractivity contribution in [1.82, 2.24) is 0 Å². The van der Waals surface area contributed by atoms with E-state index < -0.39 is 6.10 Å².